The molecule has 6 heteroatoms. The van der Waals surface area contributed by atoms with Crippen LogP contribution in [0.15, 0.2) is 36.5 Å². The Morgan fingerprint density at radius 3 is 2.83 bits per heavy atom. The molecule has 24 heavy (non-hydrogen) atoms. The van der Waals surface area contributed by atoms with Gasteiger partial charge in [0.05, 0.1) is 11.4 Å². The summed E-state index contributed by atoms with van der Waals surface area (Å²) in [7, 11) is 0. The molecular formula is C18H22N2O4. The fourth-order valence-electron chi connectivity index (χ4n) is 3.10. The molecule has 2 heterocycles. The van der Waals surface area contributed by atoms with Crippen molar-refractivity contribution in [1.29, 1.82) is 0 Å². The lowest BCUT2D eigenvalue weighted by Crippen LogP contribution is -2.42. The predicted octanol–water partition coefficient (Wildman–Crippen LogP) is 1.77. The van der Waals surface area contributed by atoms with E-state index >= 15 is 0 Å². The number of fused-ring (bicyclic) bond motifs is 1. The van der Waals surface area contributed by atoms with Gasteiger partial charge in [0.1, 0.15) is 18.5 Å². The van der Waals surface area contributed by atoms with Crippen molar-refractivity contribution < 1.29 is 19.7 Å². The van der Waals surface area contributed by atoms with Gasteiger partial charge in [-0.05, 0) is 50.2 Å². The van der Waals surface area contributed by atoms with Crippen LogP contribution in [0.5, 0.6) is 5.75 Å². The molecule has 1 aliphatic rings. The average molecular weight is 330 g/mol. The number of β-amino-alcohol motifs (C(OH)–C–C–N with tert-alkyl or cyclic N) is 1. The highest BCUT2D eigenvalue weighted by Gasteiger charge is 2.25. The van der Waals surface area contributed by atoms with E-state index < -0.39 is 12.1 Å². The maximum absolute atomic E-state index is 11.0. The van der Waals surface area contributed by atoms with Gasteiger partial charge in [0.2, 0.25) is 0 Å². The monoisotopic (exact) mass is 330 g/mol. The largest absolute Gasteiger partial charge is 0.490 e. The molecule has 0 aliphatic carbocycles. The highest BCUT2D eigenvalue weighted by molar-refractivity contribution is 5.84. The molecule has 0 spiro atoms. The van der Waals surface area contributed by atoms with Crippen LogP contribution in [-0.4, -0.2) is 58.4 Å². The Kier molecular flexibility index (Phi) is 5.27. The number of nitrogens with zero attached hydrogens (tertiary/aromatic N) is 2. The first-order valence-electron chi connectivity index (χ1n) is 8.23. The van der Waals surface area contributed by atoms with Gasteiger partial charge >= 0.3 is 5.97 Å². The molecule has 128 valence electrons. The number of likely N-dealkylation sites (tertiary alicyclic amines) is 1. The number of carbonyl (C=O) groups is 1. The highest BCUT2D eigenvalue weighted by Crippen LogP contribution is 2.24. The molecule has 2 N–H and O–H groups in total. The second-order valence-electron chi connectivity index (χ2n) is 6.20. The van der Waals surface area contributed by atoms with Gasteiger partial charge in [0.15, 0.2) is 0 Å². The van der Waals surface area contributed by atoms with Gasteiger partial charge in [0.25, 0.3) is 0 Å². The Morgan fingerprint density at radius 1 is 1.29 bits per heavy atom. The van der Waals surface area contributed by atoms with Crippen molar-refractivity contribution in [3.05, 3.63) is 36.5 Å². The summed E-state index contributed by atoms with van der Waals surface area (Å²) in [6.07, 6.45) is 2.40. The van der Waals surface area contributed by atoms with Crippen LogP contribution in [0, 0.1) is 5.92 Å². The third kappa shape index (κ3) is 4.01. The lowest BCUT2D eigenvalue weighted by molar-refractivity contribution is -0.143. The maximum Gasteiger partial charge on any atom is 0.306 e. The summed E-state index contributed by atoms with van der Waals surface area (Å²) in [5, 5.41) is 20.1. The van der Waals surface area contributed by atoms with Gasteiger partial charge in [0, 0.05) is 18.1 Å². The van der Waals surface area contributed by atoms with Crippen molar-refractivity contribution in [3.63, 3.8) is 0 Å². The van der Waals surface area contributed by atoms with Gasteiger partial charge < -0.3 is 19.8 Å². The van der Waals surface area contributed by atoms with Crippen LogP contribution < -0.4 is 4.74 Å². The standard InChI is InChI=1S/C18H22N2O4/c21-14(11-20-9-6-13(7-10-20)18(22)23)12-24-17-5-1-4-16-15(17)3-2-8-19-16/h1-5,8,13-14,21H,6-7,9-12H2,(H,22,23)/t14-/m1/s1. The Morgan fingerprint density at radius 2 is 2.08 bits per heavy atom. The first-order chi connectivity index (χ1) is 11.6. The number of aromatic nitrogens is 1. The minimum Gasteiger partial charge on any atom is -0.490 e. The number of carboxylic acid groups (broad SMARTS) is 1. The van der Waals surface area contributed by atoms with E-state index in [1.807, 2.05) is 30.3 Å². The summed E-state index contributed by atoms with van der Waals surface area (Å²) < 4.78 is 5.77. The normalized spacial score (nSPS) is 17.7. The van der Waals surface area contributed by atoms with Gasteiger partial charge in [-0.25, -0.2) is 0 Å². The summed E-state index contributed by atoms with van der Waals surface area (Å²) in [6, 6.07) is 9.48. The summed E-state index contributed by atoms with van der Waals surface area (Å²) in [4.78, 5) is 17.3. The second-order valence-corrected chi connectivity index (χ2v) is 6.20. The number of rotatable bonds is 6. The fourth-order valence-corrected chi connectivity index (χ4v) is 3.10. The number of hydrogen-bond donors (Lipinski definition) is 2. The van der Waals surface area contributed by atoms with E-state index in [2.05, 4.69) is 9.88 Å². The predicted molar refractivity (Wildman–Crippen MR) is 90.0 cm³/mol. The van der Waals surface area contributed by atoms with Crippen molar-refractivity contribution in [2.24, 2.45) is 5.92 Å². The number of benzene rings is 1. The van der Waals surface area contributed by atoms with Crippen molar-refractivity contribution in [2.45, 2.75) is 18.9 Å². The van der Waals surface area contributed by atoms with Crippen LogP contribution in [0.1, 0.15) is 12.8 Å². The molecule has 1 aromatic heterocycles. The van der Waals surface area contributed by atoms with E-state index in [4.69, 9.17) is 9.84 Å². The second kappa shape index (κ2) is 7.59. The molecule has 3 rings (SSSR count). The van der Waals surface area contributed by atoms with E-state index in [1.165, 1.54) is 0 Å². The topological polar surface area (TPSA) is 82.9 Å². The number of aliphatic carboxylic acids is 1. The Bertz CT molecular complexity index is 693. The Labute approximate surface area is 140 Å². The van der Waals surface area contributed by atoms with E-state index in [-0.39, 0.29) is 12.5 Å². The van der Waals surface area contributed by atoms with Crippen molar-refractivity contribution in [2.75, 3.05) is 26.2 Å². The van der Waals surface area contributed by atoms with Crippen molar-refractivity contribution >= 4 is 16.9 Å². The molecule has 1 aliphatic heterocycles. The third-order valence-electron chi connectivity index (χ3n) is 4.44. The minimum absolute atomic E-state index is 0.201. The summed E-state index contributed by atoms with van der Waals surface area (Å²) in [5.74, 6) is -0.259. The molecule has 0 amide bonds. The molecule has 0 unspecified atom stereocenters. The van der Waals surface area contributed by atoms with Crippen molar-refractivity contribution in [1.82, 2.24) is 9.88 Å². The first-order valence-corrected chi connectivity index (χ1v) is 8.23. The number of ether oxygens (including phenoxy) is 1. The molecular weight excluding hydrogens is 308 g/mol. The smallest absolute Gasteiger partial charge is 0.306 e. The summed E-state index contributed by atoms with van der Waals surface area (Å²) >= 11 is 0. The lowest BCUT2D eigenvalue weighted by Gasteiger charge is -2.31. The average Bonchev–Trinajstić information content (AvgIpc) is 2.60. The first kappa shape index (κ1) is 16.7. The van der Waals surface area contributed by atoms with E-state index in [0.717, 1.165) is 10.9 Å². The zero-order valence-electron chi connectivity index (χ0n) is 13.5. The van der Waals surface area contributed by atoms with Crippen molar-refractivity contribution in [3.8, 4) is 5.75 Å². The molecule has 0 bridgehead atoms. The number of carboxylic acids is 1. The Balaban J connectivity index is 1.51. The number of piperidine rings is 1. The van der Waals surface area contributed by atoms with Crippen LogP contribution in [0.25, 0.3) is 10.9 Å². The molecule has 0 saturated carbocycles. The maximum atomic E-state index is 11.0. The molecule has 1 aromatic carbocycles. The summed E-state index contributed by atoms with van der Waals surface area (Å²) in [5.41, 5.74) is 0.861. The third-order valence-corrected chi connectivity index (χ3v) is 4.44. The van der Waals surface area contributed by atoms with Crippen LogP contribution in [0.2, 0.25) is 0 Å². The van der Waals surface area contributed by atoms with E-state index in [1.54, 1.807) is 6.20 Å². The van der Waals surface area contributed by atoms with Gasteiger partial charge in [-0.15, -0.1) is 0 Å². The zero-order chi connectivity index (χ0) is 16.9. The molecule has 1 atom stereocenters. The van der Waals surface area contributed by atoms with Crippen LogP contribution in [0.4, 0.5) is 0 Å². The number of hydrogen-bond acceptors (Lipinski definition) is 5. The molecule has 0 radical (unpaired) electrons. The molecule has 1 fully saturated rings. The quantitative estimate of drug-likeness (QED) is 0.840. The lowest BCUT2D eigenvalue weighted by atomic mass is 9.97. The van der Waals surface area contributed by atoms with E-state index in [0.29, 0.717) is 38.2 Å². The highest BCUT2D eigenvalue weighted by atomic mass is 16.5. The molecule has 1 saturated heterocycles. The minimum atomic E-state index is -0.719. The van der Waals surface area contributed by atoms with Gasteiger partial charge in [-0.2, -0.15) is 0 Å². The number of aliphatic hydroxyl groups is 1. The summed E-state index contributed by atoms with van der Waals surface area (Å²) in [6.45, 7) is 2.10. The molecule has 6 nitrogen and oxygen atoms in total. The fraction of sp³-hybridized carbons (Fsp3) is 0.444. The number of aliphatic hydroxyl groups excluding tert-OH is 1. The zero-order valence-corrected chi connectivity index (χ0v) is 13.5. The van der Waals surface area contributed by atoms with Crippen LogP contribution >= 0.6 is 0 Å². The van der Waals surface area contributed by atoms with Crippen LogP contribution in [-0.2, 0) is 4.79 Å². The van der Waals surface area contributed by atoms with E-state index in [9.17, 15) is 9.90 Å². The Hall–Kier alpha value is -2.18. The molecule has 2 aromatic rings. The van der Waals surface area contributed by atoms with Crippen LogP contribution in [0.3, 0.4) is 0 Å². The van der Waals surface area contributed by atoms with Gasteiger partial charge in [-0.3, -0.25) is 9.78 Å². The van der Waals surface area contributed by atoms with Gasteiger partial charge in [-0.1, -0.05) is 6.07 Å². The SMILES string of the molecule is O=C(O)C1CCN(C[C@@H](O)COc2cccc3ncccc23)CC1. The number of pyridine rings is 1.